The molecule has 0 aliphatic carbocycles. The number of hydrogen-bond donors (Lipinski definition) is 1. The molecule has 0 radical (unpaired) electrons. The van der Waals surface area contributed by atoms with E-state index in [9.17, 15) is 0 Å². The molecule has 0 aliphatic heterocycles. The Balaban J connectivity index is -0.000000249. The van der Waals surface area contributed by atoms with E-state index < -0.39 is 7.32 Å². The van der Waals surface area contributed by atoms with Crippen molar-refractivity contribution in [1.29, 1.82) is 0 Å². The minimum absolute atomic E-state index is 0. The fourth-order valence-corrected chi connectivity index (χ4v) is 0.485. The molecule has 0 fully saturated rings. The molecule has 0 saturated heterocycles. The topological polar surface area (TPSA) is 38.7 Å². The summed E-state index contributed by atoms with van der Waals surface area (Å²) < 4.78 is 11.2. The predicted molar refractivity (Wildman–Crippen MR) is 63.8 cm³/mol. The minimum atomic E-state index is -1.03. The molecule has 0 bridgehead atoms. The van der Waals surface area contributed by atoms with Gasteiger partial charge >= 0.3 is 70.1 Å². The van der Waals surface area contributed by atoms with Crippen molar-refractivity contribution < 1.29 is 19.0 Å². The number of rotatable bonds is 7. The smallest absolute Gasteiger partial charge is 0.269 e. The first kappa shape index (κ1) is 21.8. The van der Waals surface area contributed by atoms with E-state index in [1.54, 1.807) is 0 Å². The summed E-state index contributed by atoms with van der Waals surface area (Å²) in [7, 11) is -1.03. The summed E-state index contributed by atoms with van der Waals surface area (Å²) in [4.78, 5) is 0. The van der Waals surface area contributed by atoms with Crippen molar-refractivity contribution in [1.82, 2.24) is 0 Å². The molecular weight excluding hydrogens is 225 g/mol. The maximum Gasteiger partial charge on any atom is -0.269 e. The van der Waals surface area contributed by atoms with Crippen LogP contribution >= 0.6 is 0 Å². The molecule has 0 spiro atoms. The fraction of sp³-hybridized carbons (Fsp3) is 1.00. The van der Waals surface area contributed by atoms with Crippen molar-refractivity contribution in [2.75, 3.05) is 13.2 Å². The van der Waals surface area contributed by atoms with Crippen molar-refractivity contribution in [3.8, 4) is 0 Å². The maximum absolute atomic E-state index is 8.87. The van der Waals surface area contributed by atoms with Gasteiger partial charge in [0.15, 0.2) is 0 Å². The molecule has 0 rings (SSSR count). The van der Waals surface area contributed by atoms with Crippen LogP contribution in [-0.4, -0.2) is 74.5 Å². The molecule has 3 nitrogen and oxygen atoms in total. The third-order valence-corrected chi connectivity index (χ3v) is 2.99. The summed E-state index contributed by atoms with van der Waals surface area (Å²) in [5, 5.41) is 8.87. The van der Waals surface area contributed by atoms with Crippen LogP contribution in [0.4, 0.5) is 4.70 Å². The van der Waals surface area contributed by atoms with Crippen LogP contribution in [-0.2, 0) is 9.31 Å². The van der Waals surface area contributed by atoms with Gasteiger partial charge in [-0.15, -0.1) is 0 Å². The van der Waals surface area contributed by atoms with E-state index >= 15 is 0 Å². The van der Waals surface area contributed by atoms with E-state index in [1.807, 2.05) is 13.8 Å². The fourth-order valence-electron chi connectivity index (χ4n) is 0.485. The van der Waals surface area contributed by atoms with Crippen LogP contribution in [0.15, 0.2) is 0 Å². The first-order chi connectivity index (χ1) is 6.72. The van der Waals surface area contributed by atoms with Crippen LogP contribution in [0.3, 0.4) is 0 Å². The molecule has 0 atom stereocenters. The Morgan fingerprint density at radius 1 is 1.00 bits per heavy atom. The normalized spacial score (nSPS) is 8.67. The van der Waals surface area contributed by atoms with Crippen LogP contribution < -0.4 is 0 Å². The molecule has 6 heteroatoms. The van der Waals surface area contributed by atoms with E-state index in [-0.39, 0.29) is 4.70 Å². The Bertz CT molecular complexity index is 91.4. The molecule has 0 aliphatic rings. The first-order valence-electron chi connectivity index (χ1n) is 5.64. The minimum Gasteiger partial charge on any atom is -0.269 e. The van der Waals surface area contributed by atoms with Crippen molar-refractivity contribution in [2.24, 2.45) is 0 Å². The Labute approximate surface area is 127 Å². The van der Waals surface area contributed by atoms with Gasteiger partial charge in [-0.3, -0.25) is 4.70 Å². The van der Waals surface area contributed by atoms with Crippen LogP contribution in [0, 0.1) is 0 Å². The van der Waals surface area contributed by atoms with Gasteiger partial charge in [-0.05, 0) is 12.8 Å². The van der Waals surface area contributed by atoms with Crippen molar-refractivity contribution in [3.05, 3.63) is 0 Å². The second-order valence-corrected chi connectivity index (χ2v) is 4.61. The van der Waals surface area contributed by atoms with Crippen LogP contribution in [0.5, 0.6) is 0 Å². The largest absolute Gasteiger partial charge is 0.269 e. The summed E-state index contributed by atoms with van der Waals surface area (Å²) in [6.45, 7) is 7.28. The van der Waals surface area contributed by atoms with Crippen LogP contribution in [0.1, 0.15) is 40.0 Å². The van der Waals surface area contributed by atoms with Crippen molar-refractivity contribution >= 4 is 56.3 Å². The third-order valence-electron chi connectivity index (χ3n) is 1.43. The van der Waals surface area contributed by atoms with E-state index in [1.165, 1.54) is 6.94 Å². The first-order valence-corrected chi connectivity index (χ1v) is 7.84. The van der Waals surface area contributed by atoms with E-state index in [4.69, 9.17) is 14.3 Å². The Kier molecular flexibility index (Phi) is 30.3. The molecule has 1 N–H and O–H groups in total. The SMILES string of the molecule is CCCOB(O)OCCC.CC[CH2][K].F. The Morgan fingerprint density at radius 2 is 1.33 bits per heavy atom. The maximum atomic E-state index is 8.87. The zero-order valence-corrected chi connectivity index (χ0v) is 13.6. The van der Waals surface area contributed by atoms with Gasteiger partial charge in [-0.25, -0.2) is 0 Å². The van der Waals surface area contributed by atoms with E-state index in [2.05, 4.69) is 6.92 Å². The van der Waals surface area contributed by atoms with Gasteiger partial charge in [-0.1, -0.05) is 13.8 Å². The summed E-state index contributed by atoms with van der Waals surface area (Å²) in [5.41, 5.74) is 0. The summed E-state index contributed by atoms with van der Waals surface area (Å²) in [6, 6.07) is 0. The van der Waals surface area contributed by atoms with Gasteiger partial charge in [0.05, 0.1) is 0 Å². The second-order valence-electron chi connectivity index (χ2n) is 3.05. The molecule has 0 aromatic carbocycles. The average molecular weight is 248 g/mol. The molecule has 0 heterocycles. The molecule has 15 heavy (non-hydrogen) atoms. The second kappa shape index (κ2) is 20.9. The van der Waals surface area contributed by atoms with Gasteiger partial charge in [0.25, 0.3) is 0 Å². The van der Waals surface area contributed by atoms with E-state index in [0.717, 1.165) is 61.8 Å². The number of halogens is 1. The Morgan fingerprint density at radius 3 is 1.53 bits per heavy atom. The van der Waals surface area contributed by atoms with Crippen LogP contribution in [0.25, 0.3) is 0 Å². The summed E-state index contributed by atoms with van der Waals surface area (Å²) >= 11 is 1.11. The van der Waals surface area contributed by atoms with E-state index in [0.29, 0.717) is 13.2 Å². The molecule has 0 aromatic heterocycles. The average Bonchev–Trinajstić information content (AvgIpc) is 2.23. The van der Waals surface area contributed by atoms with Crippen molar-refractivity contribution in [2.45, 2.75) is 40.5 Å². The standard InChI is InChI=1S/C6H15BO3.C3H7.FH.K/c1-3-5-9-7(8)10-6-4-2;1-3-2;;/h8H,3-6H2,1-2H3;1,3H2,2H3;1H;. The monoisotopic (exact) mass is 248 g/mol. The molecular formula is C9H23BFKO3. The summed E-state index contributed by atoms with van der Waals surface area (Å²) in [6.07, 6.45) is 3.19. The molecule has 88 valence electrons. The summed E-state index contributed by atoms with van der Waals surface area (Å²) in [5.74, 6) is 0. The quantitative estimate of drug-likeness (QED) is 0.700. The van der Waals surface area contributed by atoms with Crippen molar-refractivity contribution in [3.63, 3.8) is 0 Å². The van der Waals surface area contributed by atoms with Gasteiger partial charge in [-0.2, -0.15) is 0 Å². The molecule has 0 aromatic rings. The third kappa shape index (κ3) is 25.6. The Hall–Kier alpha value is 1.51. The zero-order valence-electron chi connectivity index (χ0n) is 10.5. The van der Waals surface area contributed by atoms with Gasteiger partial charge in [0.1, 0.15) is 0 Å². The zero-order chi connectivity index (χ0) is 11.2. The van der Waals surface area contributed by atoms with Crippen LogP contribution in [0.2, 0.25) is 0.515 Å². The number of hydrogen-bond acceptors (Lipinski definition) is 3. The molecule has 0 unspecified atom stereocenters. The van der Waals surface area contributed by atoms with Gasteiger partial charge < -0.3 is 14.3 Å². The molecule has 0 saturated carbocycles. The predicted octanol–water partition coefficient (Wildman–Crippen LogP) is 1.95. The van der Waals surface area contributed by atoms with Gasteiger partial charge in [0.2, 0.25) is 0 Å². The van der Waals surface area contributed by atoms with Gasteiger partial charge in [0, 0.05) is 13.2 Å². The molecule has 0 amide bonds.